The molecule has 56 heavy (non-hydrogen) atoms. The number of alkyl halides is 15. The Balaban J connectivity index is 0.000000856. The van der Waals surface area contributed by atoms with Crippen molar-refractivity contribution in [1.29, 1.82) is 0 Å². The van der Waals surface area contributed by atoms with Gasteiger partial charge in [-0.2, -0.15) is 65.9 Å². The maximum atomic E-state index is 13.7. The van der Waals surface area contributed by atoms with Crippen LogP contribution in [0.2, 0.25) is 0 Å². The smallest absolute Gasteiger partial charge is 0.459 e. The van der Waals surface area contributed by atoms with Crippen molar-refractivity contribution in [3.05, 3.63) is 65.7 Å². The van der Waals surface area contributed by atoms with Gasteiger partial charge in [-0.05, 0) is 30.7 Å². The van der Waals surface area contributed by atoms with Gasteiger partial charge in [-0.3, -0.25) is 9.59 Å². The third-order valence-corrected chi connectivity index (χ3v) is 8.50. The number of anilines is 1. The number of unbranched alkanes of at least 4 members (excludes halogenated alkanes) is 12. The lowest BCUT2D eigenvalue weighted by molar-refractivity contribution is -0.453. The summed E-state index contributed by atoms with van der Waals surface area (Å²) >= 11 is 0. The first-order valence-electron chi connectivity index (χ1n) is 17.7. The Morgan fingerprint density at radius 2 is 0.875 bits per heavy atom. The Bertz CT molecular complexity index is 1470. The lowest BCUT2D eigenvalue weighted by Gasteiger charge is -2.41. The second-order valence-electron chi connectivity index (χ2n) is 13.0. The largest absolute Gasteiger partial charge is 0.460 e. The van der Waals surface area contributed by atoms with Crippen molar-refractivity contribution in [3.63, 3.8) is 0 Å². The highest BCUT2D eigenvalue weighted by molar-refractivity contribution is 6.09. The zero-order valence-electron chi connectivity index (χ0n) is 30.3. The van der Waals surface area contributed by atoms with E-state index >= 15 is 0 Å². The average Bonchev–Trinajstić information content (AvgIpc) is 3.12. The van der Waals surface area contributed by atoms with E-state index < -0.39 is 60.7 Å². The normalized spacial score (nSPS) is 13.2. The molecule has 320 valence electrons. The Kier molecular flexibility index (Phi) is 19.1. The summed E-state index contributed by atoms with van der Waals surface area (Å²) in [6.07, 6.45) is 3.04. The van der Waals surface area contributed by atoms with Crippen molar-refractivity contribution < 1.29 is 80.2 Å². The first kappa shape index (κ1) is 50.3. The van der Waals surface area contributed by atoms with Crippen LogP contribution in [-0.2, 0) is 9.53 Å². The summed E-state index contributed by atoms with van der Waals surface area (Å²) in [5, 5.41) is 0. The third kappa shape index (κ3) is 12.9. The van der Waals surface area contributed by atoms with Crippen LogP contribution in [0.15, 0.2) is 54.6 Å². The summed E-state index contributed by atoms with van der Waals surface area (Å²) < 4.78 is 201. The molecule has 0 aliphatic rings. The first-order chi connectivity index (χ1) is 25.7. The summed E-state index contributed by atoms with van der Waals surface area (Å²) in [5.41, 5.74) is 7.58. The molecule has 0 spiro atoms. The van der Waals surface area contributed by atoms with Gasteiger partial charge in [0.25, 0.3) is 0 Å². The molecule has 0 fully saturated rings. The van der Waals surface area contributed by atoms with E-state index in [4.69, 9.17) is 5.73 Å². The second kappa shape index (κ2) is 21.2. The minimum absolute atomic E-state index is 0.0237. The van der Waals surface area contributed by atoms with E-state index in [0.29, 0.717) is 29.7 Å². The van der Waals surface area contributed by atoms with Crippen LogP contribution in [0.25, 0.3) is 0 Å². The number of nitrogen functional groups attached to an aromatic ring is 1. The molecule has 0 amide bonds. The van der Waals surface area contributed by atoms with Gasteiger partial charge in [-0.1, -0.05) is 114 Å². The predicted molar refractivity (Wildman–Crippen MR) is 178 cm³/mol. The molecule has 2 rings (SSSR count). The van der Waals surface area contributed by atoms with Crippen molar-refractivity contribution in [1.82, 2.24) is 0 Å². The van der Waals surface area contributed by atoms with Crippen LogP contribution in [0.1, 0.15) is 113 Å². The number of esters is 1. The summed E-state index contributed by atoms with van der Waals surface area (Å²) in [4.78, 5) is 23.4. The highest BCUT2D eigenvalue weighted by Gasteiger charge is 2.93. The topological polar surface area (TPSA) is 69.4 Å². The van der Waals surface area contributed by atoms with E-state index in [-0.39, 0.29) is 12.2 Å². The molecule has 0 aliphatic heterocycles. The molecule has 0 bridgehead atoms. The number of ketones is 1. The lowest BCUT2D eigenvalue weighted by Crippen LogP contribution is -2.73. The van der Waals surface area contributed by atoms with Crippen LogP contribution in [0.5, 0.6) is 0 Å². The SMILES string of the molecule is CCCCCCCCCCCCCCCC(=O)OCC(F)(F)C(F)(F)C(F)(F)C(F)(F)C(F)(F)C(F)(F)C(F)(F)F.Nc1ccc(C(=O)c2ccccc2)cc1. The maximum absolute atomic E-state index is 13.7. The standard InChI is InChI=1S/C24H33F15O2.C13H11NO/c1-2-3-4-5-6-7-8-9-10-11-12-13-14-15-17(40)41-16-18(25,26)19(27,28)20(29,30)21(31,32)22(33,34)23(35,36)24(37,38)39;14-12-8-6-11(7-9-12)13(15)10-4-2-1-3-5-10/h2-16H2,1H3;1-9H,14H2. The molecular formula is C37H44F15NO3. The number of carbonyl (C=O) groups is 2. The van der Waals surface area contributed by atoms with Crippen LogP contribution < -0.4 is 5.73 Å². The summed E-state index contributed by atoms with van der Waals surface area (Å²) in [6.45, 7) is -0.969. The fourth-order valence-corrected chi connectivity index (χ4v) is 5.01. The molecule has 0 heterocycles. The van der Waals surface area contributed by atoms with Crippen molar-refractivity contribution in [2.45, 2.75) is 139 Å². The van der Waals surface area contributed by atoms with E-state index in [1.165, 1.54) is 19.3 Å². The van der Waals surface area contributed by atoms with Gasteiger partial charge in [0, 0.05) is 23.2 Å². The van der Waals surface area contributed by atoms with Crippen LogP contribution in [0, 0.1) is 0 Å². The number of hydrogen-bond acceptors (Lipinski definition) is 4. The minimum Gasteiger partial charge on any atom is -0.459 e. The Hall–Kier alpha value is -3.67. The van der Waals surface area contributed by atoms with Gasteiger partial charge in [0.1, 0.15) is 0 Å². The quantitative estimate of drug-likeness (QED) is 0.0398. The van der Waals surface area contributed by atoms with E-state index in [1.807, 2.05) is 18.2 Å². The van der Waals surface area contributed by atoms with Gasteiger partial charge in [0.15, 0.2) is 12.4 Å². The van der Waals surface area contributed by atoms with Crippen LogP contribution in [0.4, 0.5) is 71.5 Å². The Morgan fingerprint density at radius 1 is 0.500 bits per heavy atom. The van der Waals surface area contributed by atoms with Gasteiger partial charge in [0.2, 0.25) is 0 Å². The number of ether oxygens (including phenoxy) is 1. The van der Waals surface area contributed by atoms with Crippen molar-refractivity contribution >= 4 is 17.4 Å². The van der Waals surface area contributed by atoms with E-state index in [0.717, 1.165) is 44.9 Å². The molecule has 0 saturated carbocycles. The van der Waals surface area contributed by atoms with Gasteiger partial charge >= 0.3 is 47.7 Å². The lowest BCUT2D eigenvalue weighted by atomic mass is 9.91. The summed E-state index contributed by atoms with van der Waals surface area (Å²) in [5.74, 6) is -48.8. The second-order valence-corrected chi connectivity index (χ2v) is 13.0. The number of nitrogens with two attached hydrogens (primary N) is 1. The number of hydrogen-bond donors (Lipinski definition) is 1. The summed E-state index contributed by atoms with van der Waals surface area (Å²) in [6, 6.07) is 16.1. The van der Waals surface area contributed by atoms with E-state index in [2.05, 4.69) is 11.7 Å². The molecule has 4 nitrogen and oxygen atoms in total. The van der Waals surface area contributed by atoms with Crippen molar-refractivity contribution in [3.8, 4) is 0 Å². The number of rotatable bonds is 23. The van der Waals surface area contributed by atoms with Gasteiger partial charge < -0.3 is 10.5 Å². The van der Waals surface area contributed by atoms with Crippen LogP contribution in [0.3, 0.4) is 0 Å². The highest BCUT2D eigenvalue weighted by Crippen LogP contribution is 2.62. The molecule has 0 radical (unpaired) electrons. The number of benzene rings is 2. The van der Waals surface area contributed by atoms with Gasteiger partial charge in [-0.15, -0.1) is 0 Å². The molecule has 2 aromatic carbocycles. The Labute approximate surface area is 314 Å². The number of halogens is 15. The number of carbonyl (C=O) groups excluding carboxylic acids is 2. The monoisotopic (exact) mass is 835 g/mol. The summed E-state index contributed by atoms with van der Waals surface area (Å²) in [7, 11) is 0. The van der Waals surface area contributed by atoms with Crippen molar-refractivity contribution in [2.24, 2.45) is 0 Å². The molecular weight excluding hydrogens is 791 g/mol. The van der Waals surface area contributed by atoms with E-state index in [1.54, 1.807) is 36.4 Å². The van der Waals surface area contributed by atoms with Crippen molar-refractivity contribution in [2.75, 3.05) is 12.3 Å². The first-order valence-corrected chi connectivity index (χ1v) is 17.7. The van der Waals surface area contributed by atoms with Gasteiger partial charge in [-0.25, -0.2) is 0 Å². The minimum atomic E-state index is -8.36. The van der Waals surface area contributed by atoms with E-state index in [9.17, 15) is 75.4 Å². The average molecular weight is 836 g/mol. The zero-order chi connectivity index (χ0) is 43.1. The molecule has 0 unspecified atom stereocenters. The molecule has 2 aromatic rings. The fraction of sp³-hybridized carbons (Fsp3) is 0.622. The zero-order valence-corrected chi connectivity index (χ0v) is 30.3. The van der Waals surface area contributed by atoms with Gasteiger partial charge in [0.05, 0.1) is 0 Å². The Morgan fingerprint density at radius 3 is 1.30 bits per heavy atom. The maximum Gasteiger partial charge on any atom is 0.460 e. The van der Waals surface area contributed by atoms with Crippen LogP contribution >= 0.6 is 0 Å². The molecule has 19 heteroatoms. The molecule has 0 atom stereocenters. The molecule has 0 saturated heterocycles. The molecule has 0 aliphatic carbocycles. The fourth-order valence-electron chi connectivity index (χ4n) is 5.01. The highest BCUT2D eigenvalue weighted by atomic mass is 19.4. The van der Waals surface area contributed by atoms with Crippen LogP contribution in [-0.4, -0.2) is 60.1 Å². The third-order valence-electron chi connectivity index (χ3n) is 8.50. The predicted octanol–water partition coefficient (Wildman–Crippen LogP) is 12.9. The molecule has 2 N–H and O–H groups in total. The molecule has 0 aromatic heterocycles.